The highest BCUT2D eigenvalue weighted by Crippen LogP contribution is 2.05. The first-order valence-electron chi connectivity index (χ1n) is 4.12. The second-order valence-corrected chi connectivity index (χ2v) is 3.17. The van der Waals surface area contributed by atoms with Gasteiger partial charge in [-0.05, 0) is 18.9 Å². The van der Waals surface area contributed by atoms with Crippen LogP contribution >= 0.6 is 11.6 Å². The maximum absolute atomic E-state index is 5.54. The van der Waals surface area contributed by atoms with Gasteiger partial charge in [-0.1, -0.05) is 42.0 Å². The molecule has 0 N–H and O–H groups in total. The van der Waals surface area contributed by atoms with Gasteiger partial charge in [-0.15, -0.1) is 11.6 Å². The fourth-order valence-corrected chi connectivity index (χ4v) is 1.09. The molecular weight excluding hydrogens is 168 g/mol. The maximum atomic E-state index is 5.54. The number of rotatable bonds is 3. The summed E-state index contributed by atoms with van der Waals surface area (Å²) in [5.74, 6) is 0.697. The van der Waals surface area contributed by atoms with E-state index >= 15 is 0 Å². The van der Waals surface area contributed by atoms with Crippen molar-refractivity contribution in [2.24, 2.45) is 0 Å². The molecule has 0 aromatic heterocycles. The number of allylic oxidation sites excluding steroid dienone is 1. The van der Waals surface area contributed by atoms with Crippen LogP contribution in [-0.2, 0) is 0 Å². The summed E-state index contributed by atoms with van der Waals surface area (Å²) in [6, 6.07) is 8.45. The molecule has 0 radical (unpaired) electrons. The Bertz CT molecular complexity index is 246. The molecule has 0 fully saturated rings. The Hall–Kier alpha value is -0.750. The lowest BCUT2D eigenvalue weighted by Gasteiger charge is -1.93. The fraction of sp³-hybridized carbons (Fsp3) is 0.273. The van der Waals surface area contributed by atoms with E-state index in [1.807, 2.05) is 0 Å². The molecule has 0 saturated heterocycles. The molecule has 0 atom stereocenters. The Morgan fingerprint density at radius 2 is 1.92 bits per heavy atom. The molecule has 0 aliphatic carbocycles. The molecule has 1 aromatic rings. The highest BCUT2D eigenvalue weighted by atomic mass is 35.5. The molecule has 0 bridgehead atoms. The van der Waals surface area contributed by atoms with Crippen LogP contribution in [0.5, 0.6) is 0 Å². The summed E-state index contributed by atoms with van der Waals surface area (Å²) < 4.78 is 0. The van der Waals surface area contributed by atoms with Gasteiger partial charge in [0.25, 0.3) is 0 Å². The zero-order valence-electron chi connectivity index (χ0n) is 7.26. The topological polar surface area (TPSA) is 0 Å². The van der Waals surface area contributed by atoms with Gasteiger partial charge in [0.15, 0.2) is 0 Å². The number of halogens is 1. The Labute approximate surface area is 78.9 Å². The normalized spacial score (nSPS) is 10.8. The van der Waals surface area contributed by atoms with E-state index in [2.05, 4.69) is 43.3 Å². The molecule has 64 valence electrons. The Morgan fingerprint density at radius 1 is 1.25 bits per heavy atom. The van der Waals surface area contributed by atoms with Crippen molar-refractivity contribution in [2.45, 2.75) is 13.3 Å². The highest BCUT2D eigenvalue weighted by Gasteiger charge is 1.84. The summed E-state index contributed by atoms with van der Waals surface area (Å²) in [6.07, 6.45) is 5.13. The smallest absolute Gasteiger partial charge is 0.0258 e. The largest absolute Gasteiger partial charge is 0.126 e. The molecule has 0 unspecified atom stereocenters. The monoisotopic (exact) mass is 180 g/mol. The van der Waals surface area contributed by atoms with E-state index in [0.717, 1.165) is 6.42 Å². The quantitative estimate of drug-likeness (QED) is 0.624. The summed E-state index contributed by atoms with van der Waals surface area (Å²) in [6.45, 7) is 2.09. The average Bonchev–Trinajstić information content (AvgIpc) is 2.09. The lowest BCUT2D eigenvalue weighted by molar-refractivity contribution is 1.24. The van der Waals surface area contributed by atoms with E-state index in [-0.39, 0.29) is 0 Å². The molecule has 0 amide bonds. The van der Waals surface area contributed by atoms with Gasteiger partial charge in [-0.25, -0.2) is 0 Å². The van der Waals surface area contributed by atoms with Crippen LogP contribution in [0.3, 0.4) is 0 Å². The predicted octanol–water partition coefficient (Wildman–Crippen LogP) is 3.64. The van der Waals surface area contributed by atoms with Crippen LogP contribution in [0.25, 0.3) is 6.08 Å². The Kier molecular flexibility index (Phi) is 3.89. The molecule has 0 nitrogen and oxygen atoms in total. The van der Waals surface area contributed by atoms with E-state index in [4.69, 9.17) is 11.6 Å². The minimum Gasteiger partial charge on any atom is -0.126 e. The van der Waals surface area contributed by atoms with Gasteiger partial charge in [-0.3, -0.25) is 0 Å². The van der Waals surface area contributed by atoms with E-state index < -0.39 is 0 Å². The molecule has 1 heteroatoms. The summed E-state index contributed by atoms with van der Waals surface area (Å²) >= 11 is 5.54. The number of aryl methyl sites for hydroxylation is 1. The van der Waals surface area contributed by atoms with Crippen LogP contribution in [-0.4, -0.2) is 5.88 Å². The molecule has 0 heterocycles. The van der Waals surface area contributed by atoms with Gasteiger partial charge in [0, 0.05) is 5.88 Å². The first-order chi connectivity index (χ1) is 5.83. The molecule has 0 aliphatic rings. The zero-order chi connectivity index (χ0) is 8.81. The molecule has 12 heavy (non-hydrogen) atoms. The minimum absolute atomic E-state index is 0.697. The number of hydrogen-bond acceptors (Lipinski definition) is 0. The molecule has 1 rings (SSSR count). The zero-order valence-corrected chi connectivity index (χ0v) is 8.01. The van der Waals surface area contributed by atoms with E-state index in [1.54, 1.807) is 0 Å². The molecule has 0 aliphatic heterocycles. The first kappa shape index (κ1) is 9.34. The summed E-state index contributed by atoms with van der Waals surface area (Å²) in [4.78, 5) is 0. The van der Waals surface area contributed by atoms with Crippen LogP contribution in [0.2, 0.25) is 0 Å². The SMILES string of the molecule is Cc1ccc(/C=C/CCCl)cc1. The fourth-order valence-electron chi connectivity index (χ4n) is 0.960. The van der Waals surface area contributed by atoms with Gasteiger partial charge < -0.3 is 0 Å². The van der Waals surface area contributed by atoms with Crippen molar-refractivity contribution in [3.63, 3.8) is 0 Å². The van der Waals surface area contributed by atoms with Crippen molar-refractivity contribution in [1.29, 1.82) is 0 Å². The predicted molar refractivity (Wildman–Crippen MR) is 55.6 cm³/mol. The number of hydrogen-bond donors (Lipinski definition) is 0. The minimum atomic E-state index is 0.697. The average molecular weight is 181 g/mol. The second kappa shape index (κ2) is 5.00. The maximum Gasteiger partial charge on any atom is 0.0258 e. The lowest BCUT2D eigenvalue weighted by Crippen LogP contribution is -1.73. The van der Waals surface area contributed by atoms with Gasteiger partial charge in [0.05, 0.1) is 0 Å². The number of benzene rings is 1. The van der Waals surface area contributed by atoms with Gasteiger partial charge in [0.1, 0.15) is 0 Å². The highest BCUT2D eigenvalue weighted by molar-refractivity contribution is 6.17. The van der Waals surface area contributed by atoms with E-state index in [1.165, 1.54) is 11.1 Å². The van der Waals surface area contributed by atoms with Crippen molar-refractivity contribution in [3.8, 4) is 0 Å². The summed E-state index contributed by atoms with van der Waals surface area (Å²) in [5.41, 5.74) is 2.54. The molecule has 0 spiro atoms. The Balaban J connectivity index is 2.58. The summed E-state index contributed by atoms with van der Waals surface area (Å²) in [7, 11) is 0. The van der Waals surface area contributed by atoms with Crippen LogP contribution in [0, 0.1) is 6.92 Å². The van der Waals surface area contributed by atoms with Gasteiger partial charge in [0.2, 0.25) is 0 Å². The van der Waals surface area contributed by atoms with Crippen LogP contribution < -0.4 is 0 Å². The molecule has 1 aromatic carbocycles. The third-order valence-corrected chi connectivity index (χ3v) is 1.88. The van der Waals surface area contributed by atoms with E-state index in [0.29, 0.717) is 5.88 Å². The van der Waals surface area contributed by atoms with E-state index in [9.17, 15) is 0 Å². The van der Waals surface area contributed by atoms with Crippen molar-refractivity contribution in [2.75, 3.05) is 5.88 Å². The lowest BCUT2D eigenvalue weighted by atomic mass is 10.1. The van der Waals surface area contributed by atoms with Crippen LogP contribution in [0.1, 0.15) is 17.5 Å². The number of alkyl halides is 1. The van der Waals surface area contributed by atoms with Crippen LogP contribution in [0.15, 0.2) is 30.3 Å². The van der Waals surface area contributed by atoms with Crippen LogP contribution in [0.4, 0.5) is 0 Å². The van der Waals surface area contributed by atoms with Crippen molar-refractivity contribution in [1.82, 2.24) is 0 Å². The van der Waals surface area contributed by atoms with Crippen molar-refractivity contribution >= 4 is 17.7 Å². The van der Waals surface area contributed by atoms with Gasteiger partial charge in [-0.2, -0.15) is 0 Å². The molecular formula is C11H13Cl. The van der Waals surface area contributed by atoms with Crippen molar-refractivity contribution < 1.29 is 0 Å². The standard InChI is InChI=1S/C11H13Cl/c1-10-5-7-11(8-6-10)4-2-3-9-12/h2,4-8H,3,9H2,1H3/b4-2+. The Morgan fingerprint density at radius 3 is 2.50 bits per heavy atom. The van der Waals surface area contributed by atoms with Crippen molar-refractivity contribution in [3.05, 3.63) is 41.5 Å². The third kappa shape index (κ3) is 3.10. The second-order valence-electron chi connectivity index (χ2n) is 2.79. The molecule has 0 saturated carbocycles. The van der Waals surface area contributed by atoms with Gasteiger partial charge >= 0.3 is 0 Å². The summed E-state index contributed by atoms with van der Waals surface area (Å²) in [5, 5.41) is 0. The first-order valence-corrected chi connectivity index (χ1v) is 4.65. The third-order valence-electron chi connectivity index (χ3n) is 1.66.